The van der Waals surface area contributed by atoms with Gasteiger partial charge in [-0.2, -0.15) is 0 Å². The summed E-state index contributed by atoms with van der Waals surface area (Å²) in [5, 5.41) is 3.37. The third kappa shape index (κ3) is 2.54. The first-order chi connectivity index (χ1) is 8.21. The van der Waals surface area contributed by atoms with E-state index in [0.717, 1.165) is 0 Å². The van der Waals surface area contributed by atoms with Crippen LogP contribution in [0.3, 0.4) is 0 Å². The largest absolute Gasteiger partial charge is 0.444 e. The lowest BCUT2D eigenvalue weighted by Gasteiger charge is -2.45. The van der Waals surface area contributed by atoms with Gasteiger partial charge in [-0.05, 0) is 20.8 Å². The standard InChI is InChI=1S/C11H16F2N2O3/c1-10(2,3)17-9(16)15-5-11(6-15)4-7(8(12)13)14-18-11/h8H,4-6H2,1-3H3. The number of carbonyl (C=O) groups is 1. The normalized spacial score (nSPS) is 21.7. The number of nitrogens with zero attached hydrogens (tertiary/aromatic N) is 2. The fourth-order valence-electron chi connectivity index (χ4n) is 1.94. The topological polar surface area (TPSA) is 51.1 Å². The fraction of sp³-hybridized carbons (Fsp3) is 0.818. The van der Waals surface area contributed by atoms with Crippen LogP contribution in [0.2, 0.25) is 0 Å². The number of rotatable bonds is 1. The molecular weight excluding hydrogens is 246 g/mol. The van der Waals surface area contributed by atoms with E-state index >= 15 is 0 Å². The molecule has 0 unspecified atom stereocenters. The highest BCUT2D eigenvalue weighted by Crippen LogP contribution is 2.35. The van der Waals surface area contributed by atoms with Gasteiger partial charge in [-0.25, -0.2) is 13.6 Å². The van der Waals surface area contributed by atoms with Gasteiger partial charge in [0.05, 0.1) is 13.1 Å². The summed E-state index contributed by atoms with van der Waals surface area (Å²) in [6, 6.07) is 0. The van der Waals surface area contributed by atoms with Gasteiger partial charge in [0.25, 0.3) is 6.43 Å². The van der Waals surface area contributed by atoms with Gasteiger partial charge in [-0.15, -0.1) is 0 Å². The first kappa shape index (κ1) is 13.0. The summed E-state index contributed by atoms with van der Waals surface area (Å²) in [6.07, 6.45) is -2.98. The maximum atomic E-state index is 12.4. The summed E-state index contributed by atoms with van der Waals surface area (Å²) >= 11 is 0. The average Bonchev–Trinajstić information content (AvgIpc) is 2.56. The van der Waals surface area contributed by atoms with Gasteiger partial charge in [0.15, 0.2) is 5.60 Å². The predicted octanol–water partition coefficient (Wildman–Crippen LogP) is 2.02. The minimum atomic E-state index is -2.60. The summed E-state index contributed by atoms with van der Waals surface area (Å²) in [5.74, 6) is 0. The number of oxime groups is 1. The van der Waals surface area contributed by atoms with Gasteiger partial charge in [-0.3, -0.25) is 4.90 Å². The van der Waals surface area contributed by atoms with Gasteiger partial charge < -0.3 is 9.57 Å². The lowest BCUT2D eigenvalue weighted by molar-refractivity contribution is -0.122. The molecular formula is C11H16F2N2O3. The highest BCUT2D eigenvalue weighted by Gasteiger charge is 2.53. The Kier molecular flexibility index (Phi) is 2.95. The van der Waals surface area contributed by atoms with E-state index in [-0.39, 0.29) is 25.2 Å². The summed E-state index contributed by atoms with van der Waals surface area (Å²) in [6.45, 7) is 5.78. The van der Waals surface area contributed by atoms with Crippen molar-refractivity contribution in [3.05, 3.63) is 0 Å². The quantitative estimate of drug-likeness (QED) is 0.726. The molecule has 0 aromatic heterocycles. The van der Waals surface area contributed by atoms with E-state index in [1.165, 1.54) is 4.90 Å². The van der Waals surface area contributed by atoms with E-state index in [9.17, 15) is 13.6 Å². The molecule has 102 valence electrons. The van der Waals surface area contributed by atoms with Crippen LogP contribution in [0, 0.1) is 0 Å². The van der Waals surface area contributed by atoms with Crippen molar-refractivity contribution in [1.29, 1.82) is 0 Å². The van der Waals surface area contributed by atoms with E-state index in [2.05, 4.69) is 5.16 Å². The van der Waals surface area contributed by atoms with E-state index in [0.29, 0.717) is 0 Å². The molecule has 1 spiro atoms. The molecule has 0 radical (unpaired) electrons. The van der Waals surface area contributed by atoms with Crippen LogP contribution in [0.1, 0.15) is 27.2 Å². The Bertz CT molecular complexity index is 384. The second kappa shape index (κ2) is 4.07. The number of hydrogen-bond donors (Lipinski definition) is 0. The third-order valence-electron chi connectivity index (χ3n) is 2.72. The number of amides is 1. The Balaban J connectivity index is 1.83. The van der Waals surface area contributed by atoms with Crippen LogP contribution in [0.4, 0.5) is 13.6 Å². The molecule has 0 bridgehead atoms. The highest BCUT2D eigenvalue weighted by molar-refractivity contribution is 5.89. The van der Waals surface area contributed by atoms with Crippen molar-refractivity contribution in [2.45, 2.75) is 44.8 Å². The molecule has 0 aromatic carbocycles. The van der Waals surface area contributed by atoms with Crippen molar-refractivity contribution in [1.82, 2.24) is 4.90 Å². The van der Waals surface area contributed by atoms with Crippen molar-refractivity contribution in [2.24, 2.45) is 5.16 Å². The molecule has 2 rings (SSSR count). The molecule has 5 nitrogen and oxygen atoms in total. The molecule has 0 atom stereocenters. The minimum absolute atomic E-state index is 0.0734. The van der Waals surface area contributed by atoms with Crippen LogP contribution in [0.5, 0.6) is 0 Å². The first-order valence-electron chi connectivity index (χ1n) is 5.72. The third-order valence-corrected chi connectivity index (χ3v) is 2.72. The molecule has 1 amide bonds. The van der Waals surface area contributed by atoms with Crippen LogP contribution < -0.4 is 0 Å². The maximum absolute atomic E-state index is 12.4. The van der Waals surface area contributed by atoms with Gasteiger partial charge in [0.1, 0.15) is 11.3 Å². The van der Waals surface area contributed by atoms with Crippen molar-refractivity contribution >= 4 is 11.8 Å². The maximum Gasteiger partial charge on any atom is 0.410 e. The lowest BCUT2D eigenvalue weighted by atomic mass is 9.89. The summed E-state index contributed by atoms with van der Waals surface area (Å²) in [5.41, 5.74) is -1.58. The predicted molar refractivity (Wildman–Crippen MR) is 59.7 cm³/mol. The van der Waals surface area contributed by atoms with E-state index in [4.69, 9.17) is 9.57 Å². The SMILES string of the molecule is CC(C)(C)OC(=O)N1CC2(CC(C(F)F)=NO2)C1. The Morgan fingerprint density at radius 3 is 2.56 bits per heavy atom. The highest BCUT2D eigenvalue weighted by atomic mass is 19.3. The van der Waals surface area contributed by atoms with Crippen molar-refractivity contribution in [2.75, 3.05) is 13.1 Å². The number of carbonyl (C=O) groups excluding carboxylic acids is 1. The Hall–Kier alpha value is -1.40. The minimum Gasteiger partial charge on any atom is -0.444 e. The Morgan fingerprint density at radius 2 is 2.11 bits per heavy atom. The zero-order valence-electron chi connectivity index (χ0n) is 10.6. The Labute approximate surface area is 104 Å². The lowest BCUT2D eigenvalue weighted by Crippen LogP contribution is -2.64. The van der Waals surface area contributed by atoms with Crippen molar-refractivity contribution in [3.8, 4) is 0 Å². The molecule has 2 aliphatic heterocycles. The first-order valence-corrected chi connectivity index (χ1v) is 5.72. The van der Waals surface area contributed by atoms with E-state index < -0.39 is 23.7 Å². The van der Waals surface area contributed by atoms with E-state index in [1.807, 2.05) is 0 Å². The molecule has 0 aromatic rings. The smallest absolute Gasteiger partial charge is 0.410 e. The monoisotopic (exact) mass is 262 g/mol. The second-order valence-electron chi connectivity index (χ2n) is 5.67. The van der Waals surface area contributed by atoms with Crippen molar-refractivity contribution in [3.63, 3.8) is 0 Å². The summed E-state index contributed by atoms with van der Waals surface area (Å²) in [4.78, 5) is 18.1. The van der Waals surface area contributed by atoms with Crippen LogP contribution in [-0.2, 0) is 9.57 Å². The fourth-order valence-corrected chi connectivity index (χ4v) is 1.94. The van der Waals surface area contributed by atoms with Crippen molar-refractivity contribution < 1.29 is 23.1 Å². The van der Waals surface area contributed by atoms with E-state index in [1.54, 1.807) is 20.8 Å². The number of halogens is 2. The molecule has 0 N–H and O–H groups in total. The zero-order chi connectivity index (χ0) is 13.6. The summed E-state index contributed by atoms with van der Waals surface area (Å²) < 4.78 is 30.0. The number of alkyl halides is 2. The van der Waals surface area contributed by atoms with Crippen LogP contribution in [0.15, 0.2) is 5.16 Å². The van der Waals surface area contributed by atoms with Gasteiger partial charge in [-0.1, -0.05) is 5.16 Å². The summed E-state index contributed by atoms with van der Waals surface area (Å²) in [7, 11) is 0. The molecule has 0 aliphatic carbocycles. The number of ether oxygens (including phenoxy) is 1. The number of likely N-dealkylation sites (tertiary alicyclic amines) is 1. The van der Waals surface area contributed by atoms with Gasteiger partial charge in [0, 0.05) is 6.42 Å². The Morgan fingerprint density at radius 1 is 1.50 bits per heavy atom. The molecule has 2 aliphatic rings. The average molecular weight is 262 g/mol. The zero-order valence-corrected chi connectivity index (χ0v) is 10.6. The molecule has 1 saturated heterocycles. The molecule has 18 heavy (non-hydrogen) atoms. The molecule has 2 heterocycles. The van der Waals surface area contributed by atoms with Crippen LogP contribution in [0.25, 0.3) is 0 Å². The molecule has 0 saturated carbocycles. The second-order valence-corrected chi connectivity index (χ2v) is 5.67. The van der Waals surface area contributed by atoms with Gasteiger partial charge >= 0.3 is 6.09 Å². The van der Waals surface area contributed by atoms with Crippen LogP contribution >= 0.6 is 0 Å². The van der Waals surface area contributed by atoms with Crippen LogP contribution in [-0.4, -0.2) is 47.4 Å². The molecule has 1 fully saturated rings. The molecule has 7 heteroatoms. The van der Waals surface area contributed by atoms with Gasteiger partial charge in [0.2, 0.25) is 0 Å². The number of hydrogen-bond acceptors (Lipinski definition) is 4.